The second-order valence-electron chi connectivity index (χ2n) is 5.57. The highest BCUT2D eigenvalue weighted by Crippen LogP contribution is 2.39. The molecule has 0 fully saturated rings. The van der Waals surface area contributed by atoms with Crippen molar-refractivity contribution in [2.75, 3.05) is 20.2 Å². The van der Waals surface area contributed by atoms with Gasteiger partial charge in [-0.25, -0.2) is 4.39 Å². The van der Waals surface area contributed by atoms with Gasteiger partial charge in [0.05, 0.1) is 6.61 Å². The summed E-state index contributed by atoms with van der Waals surface area (Å²) < 4.78 is 25.8. The van der Waals surface area contributed by atoms with E-state index in [-0.39, 0.29) is 17.8 Å². The lowest BCUT2D eigenvalue weighted by atomic mass is 9.93. The van der Waals surface area contributed by atoms with Gasteiger partial charge in [0.15, 0.2) is 0 Å². The Bertz CT molecular complexity index is 659. The Kier molecular flexibility index (Phi) is 4.29. The molecular weight excluding hydrogens is 281 g/mol. The molecule has 1 N–H and O–H groups in total. The molecule has 3 nitrogen and oxygen atoms in total. The number of rotatable bonds is 4. The summed E-state index contributed by atoms with van der Waals surface area (Å²) in [4.78, 5) is 0. The first-order chi connectivity index (χ1) is 10.7. The van der Waals surface area contributed by atoms with Crippen LogP contribution < -0.4 is 14.8 Å². The summed E-state index contributed by atoms with van der Waals surface area (Å²) in [5.74, 6) is 1.35. The van der Waals surface area contributed by atoms with E-state index in [9.17, 15) is 4.39 Å². The van der Waals surface area contributed by atoms with Crippen molar-refractivity contribution in [3.8, 4) is 11.5 Å². The van der Waals surface area contributed by atoms with E-state index in [1.807, 2.05) is 37.4 Å². The first-order valence-corrected chi connectivity index (χ1v) is 7.49. The van der Waals surface area contributed by atoms with Crippen molar-refractivity contribution in [3.63, 3.8) is 0 Å². The molecule has 2 aromatic rings. The van der Waals surface area contributed by atoms with E-state index in [0.29, 0.717) is 17.9 Å². The van der Waals surface area contributed by atoms with Crippen LogP contribution in [-0.2, 0) is 0 Å². The van der Waals surface area contributed by atoms with Crippen LogP contribution in [0.15, 0.2) is 42.5 Å². The molecule has 0 bridgehead atoms. The topological polar surface area (TPSA) is 30.5 Å². The average molecular weight is 301 g/mol. The van der Waals surface area contributed by atoms with E-state index in [1.54, 1.807) is 13.0 Å². The van der Waals surface area contributed by atoms with E-state index >= 15 is 0 Å². The molecule has 4 heteroatoms. The normalized spacial score (nSPS) is 20.1. The van der Waals surface area contributed by atoms with Gasteiger partial charge >= 0.3 is 0 Å². The Hall–Kier alpha value is -2.07. The van der Waals surface area contributed by atoms with Crippen LogP contribution in [-0.4, -0.2) is 20.2 Å². The number of nitrogens with one attached hydrogen (secondary N) is 1. The van der Waals surface area contributed by atoms with Gasteiger partial charge in [0.2, 0.25) is 0 Å². The smallest absolute Gasteiger partial charge is 0.135 e. The van der Waals surface area contributed by atoms with Crippen molar-refractivity contribution in [2.24, 2.45) is 5.92 Å². The number of fused-ring (bicyclic) bond motifs is 1. The Morgan fingerprint density at radius 3 is 2.86 bits per heavy atom. The number of para-hydroxylation sites is 1. The van der Waals surface area contributed by atoms with Crippen molar-refractivity contribution in [1.82, 2.24) is 5.32 Å². The Morgan fingerprint density at radius 2 is 2.05 bits per heavy atom. The molecule has 0 saturated carbocycles. The molecule has 1 heterocycles. The largest absolute Gasteiger partial charge is 0.493 e. The lowest BCUT2D eigenvalue weighted by molar-refractivity contribution is 0.0696. The molecule has 2 aromatic carbocycles. The number of halogens is 1. The van der Waals surface area contributed by atoms with Crippen molar-refractivity contribution >= 4 is 0 Å². The molecule has 1 aliphatic rings. The summed E-state index contributed by atoms with van der Waals surface area (Å²) in [6.45, 7) is 3.09. The zero-order chi connectivity index (χ0) is 15.5. The van der Waals surface area contributed by atoms with Gasteiger partial charge in [0.25, 0.3) is 0 Å². The third-order valence-corrected chi connectivity index (χ3v) is 4.04. The zero-order valence-corrected chi connectivity index (χ0v) is 12.8. The van der Waals surface area contributed by atoms with Crippen LogP contribution in [0.1, 0.15) is 17.2 Å². The summed E-state index contributed by atoms with van der Waals surface area (Å²) in [5.41, 5.74) is 1.55. The highest BCUT2D eigenvalue weighted by molar-refractivity contribution is 5.40. The van der Waals surface area contributed by atoms with E-state index in [4.69, 9.17) is 9.47 Å². The van der Waals surface area contributed by atoms with Crippen LogP contribution in [0.25, 0.3) is 0 Å². The molecule has 0 aliphatic carbocycles. The minimum atomic E-state index is -0.247. The molecule has 0 aromatic heterocycles. The summed E-state index contributed by atoms with van der Waals surface area (Å²) in [6.07, 6.45) is -0.155. The van der Waals surface area contributed by atoms with Gasteiger partial charge in [-0.2, -0.15) is 0 Å². The van der Waals surface area contributed by atoms with Crippen molar-refractivity contribution in [3.05, 3.63) is 59.4 Å². The molecule has 1 aliphatic heterocycles. The highest BCUT2D eigenvalue weighted by Gasteiger charge is 2.32. The van der Waals surface area contributed by atoms with Gasteiger partial charge in [-0.3, -0.25) is 0 Å². The van der Waals surface area contributed by atoms with Crippen molar-refractivity contribution in [2.45, 2.75) is 13.0 Å². The molecule has 0 radical (unpaired) electrons. The summed E-state index contributed by atoms with van der Waals surface area (Å²) in [7, 11) is 1.91. The first-order valence-electron chi connectivity index (χ1n) is 7.49. The fourth-order valence-electron chi connectivity index (χ4n) is 2.83. The van der Waals surface area contributed by atoms with Gasteiger partial charge in [-0.1, -0.05) is 24.3 Å². The molecule has 0 unspecified atom stereocenters. The lowest BCUT2D eigenvalue weighted by Crippen LogP contribution is -2.36. The number of ether oxygens (including phenoxy) is 2. The second kappa shape index (κ2) is 6.36. The van der Waals surface area contributed by atoms with Crippen LogP contribution in [0, 0.1) is 18.7 Å². The molecule has 22 heavy (non-hydrogen) atoms. The third-order valence-electron chi connectivity index (χ3n) is 4.04. The molecule has 0 amide bonds. The van der Waals surface area contributed by atoms with Crippen LogP contribution in [0.3, 0.4) is 0 Å². The maximum Gasteiger partial charge on any atom is 0.135 e. The molecular formula is C18H20FNO2. The maximum atomic E-state index is 13.8. The minimum absolute atomic E-state index is 0.155. The van der Waals surface area contributed by atoms with E-state index in [1.165, 1.54) is 6.07 Å². The molecule has 3 rings (SSSR count). The van der Waals surface area contributed by atoms with Crippen LogP contribution in [0.4, 0.5) is 4.39 Å². The molecule has 0 spiro atoms. The lowest BCUT2D eigenvalue weighted by Gasteiger charge is -2.34. The number of benzene rings is 2. The van der Waals surface area contributed by atoms with Crippen LogP contribution >= 0.6 is 0 Å². The van der Waals surface area contributed by atoms with Gasteiger partial charge in [-0.15, -0.1) is 0 Å². The van der Waals surface area contributed by atoms with E-state index < -0.39 is 0 Å². The average Bonchev–Trinajstić information content (AvgIpc) is 2.54. The number of hydrogen-bond donors (Lipinski definition) is 1. The van der Waals surface area contributed by atoms with Crippen molar-refractivity contribution in [1.29, 1.82) is 0 Å². The number of hydrogen-bond acceptors (Lipinski definition) is 3. The summed E-state index contributed by atoms with van der Waals surface area (Å²) in [6, 6.07) is 12.8. The van der Waals surface area contributed by atoms with Gasteiger partial charge in [0.1, 0.15) is 23.4 Å². The Balaban J connectivity index is 1.95. The van der Waals surface area contributed by atoms with Crippen LogP contribution in [0.2, 0.25) is 0 Å². The standard InChI is InChI=1S/C18H20FNO2/c1-12-15(19)7-5-9-16(12)22-18-13(10-20-2)11-21-17-8-4-3-6-14(17)18/h3-9,13,18,20H,10-11H2,1-2H3/t13-,18-/m1/s1. The fourth-order valence-corrected chi connectivity index (χ4v) is 2.83. The van der Waals surface area contributed by atoms with Gasteiger partial charge in [-0.05, 0) is 32.2 Å². The van der Waals surface area contributed by atoms with Gasteiger partial charge < -0.3 is 14.8 Å². The minimum Gasteiger partial charge on any atom is -0.493 e. The second-order valence-corrected chi connectivity index (χ2v) is 5.57. The molecule has 0 saturated heterocycles. The maximum absolute atomic E-state index is 13.8. The predicted octanol–water partition coefficient (Wildman–Crippen LogP) is 3.48. The van der Waals surface area contributed by atoms with Gasteiger partial charge in [0, 0.05) is 23.6 Å². The fraction of sp³-hybridized carbons (Fsp3) is 0.333. The zero-order valence-electron chi connectivity index (χ0n) is 12.8. The first kappa shape index (κ1) is 14.9. The predicted molar refractivity (Wildman–Crippen MR) is 83.9 cm³/mol. The molecule has 2 atom stereocenters. The third kappa shape index (κ3) is 2.79. The Morgan fingerprint density at radius 1 is 1.23 bits per heavy atom. The quantitative estimate of drug-likeness (QED) is 0.938. The van der Waals surface area contributed by atoms with E-state index in [2.05, 4.69) is 5.32 Å². The van der Waals surface area contributed by atoms with Crippen molar-refractivity contribution < 1.29 is 13.9 Å². The Labute approximate surface area is 130 Å². The highest BCUT2D eigenvalue weighted by atomic mass is 19.1. The summed E-state index contributed by atoms with van der Waals surface area (Å²) in [5, 5.41) is 3.18. The van der Waals surface area contributed by atoms with E-state index in [0.717, 1.165) is 17.9 Å². The molecule has 116 valence electrons. The van der Waals surface area contributed by atoms with Crippen LogP contribution in [0.5, 0.6) is 11.5 Å². The monoisotopic (exact) mass is 301 g/mol. The summed E-state index contributed by atoms with van der Waals surface area (Å²) >= 11 is 0. The SMILES string of the molecule is CNC[C@@H]1COc2ccccc2[C@@H]1Oc1cccc(F)c1C.